The number of methoxy groups -OCH3 is 1. The summed E-state index contributed by atoms with van der Waals surface area (Å²) in [5, 5.41) is 10.2. The molecule has 0 saturated heterocycles. The maximum Gasteiger partial charge on any atom is 0.403 e. The Kier molecular flexibility index (Phi) is 6.13. The van der Waals surface area contributed by atoms with Crippen molar-refractivity contribution in [3.63, 3.8) is 0 Å². The average Bonchev–Trinajstić information content (AvgIpc) is 2.16. The number of ether oxygens (including phenoxy) is 1. The van der Waals surface area contributed by atoms with Crippen molar-refractivity contribution < 1.29 is 23.5 Å². The third kappa shape index (κ3) is 6.20. The van der Waals surface area contributed by atoms with Crippen molar-refractivity contribution >= 4 is 13.7 Å². The minimum absolute atomic E-state index is 0.00116. The summed E-state index contributed by atoms with van der Waals surface area (Å²) in [7, 11) is -2.88. The van der Waals surface area contributed by atoms with Gasteiger partial charge in [-0.05, 0) is 6.92 Å². The number of hydrogen-bond acceptors (Lipinski definition) is 5. The zero-order valence-electron chi connectivity index (χ0n) is 8.47. The van der Waals surface area contributed by atoms with E-state index in [1.54, 1.807) is 6.07 Å². The normalized spacial score (nSPS) is 16.1. The smallest absolute Gasteiger partial charge is 0.403 e. The first-order valence-electron chi connectivity index (χ1n) is 4.13. The van der Waals surface area contributed by atoms with E-state index < -0.39 is 19.8 Å². The molecule has 2 atom stereocenters. The number of nitriles is 1. The van der Waals surface area contributed by atoms with Crippen LogP contribution >= 0.6 is 7.75 Å². The molecule has 0 aromatic heterocycles. The molecule has 8 heteroatoms. The molecule has 0 amide bonds. The van der Waals surface area contributed by atoms with Crippen molar-refractivity contribution in [1.82, 2.24) is 5.09 Å². The number of hydrogen-bond donors (Lipinski definition) is 2. The van der Waals surface area contributed by atoms with Crippen LogP contribution in [-0.2, 0) is 18.6 Å². The van der Waals surface area contributed by atoms with Crippen LogP contribution in [0.1, 0.15) is 13.3 Å². The molecule has 0 saturated carbocycles. The maximum absolute atomic E-state index is 11.2. The summed E-state index contributed by atoms with van der Waals surface area (Å²) in [6.45, 7) is 1.19. The van der Waals surface area contributed by atoms with E-state index in [1.807, 2.05) is 0 Å². The van der Waals surface area contributed by atoms with E-state index >= 15 is 0 Å². The van der Waals surface area contributed by atoms with Crippen molar-refractivity contribution in [2.45, 2.75) is 19.4 Å². The Hall–Kier alpha value is -0.930. The van der Waals surface area contributed by atoms with Crippen molar-refractivity contribution in [3.05, 3.63) is 0 Å². The molecule has 0 rings (SSSR count). The maximum atomic E-state index is 11.2. The number of carbonyl (C=O) groups excluding carboxylic acids is 1. The van der Waals surface area contributed by atoms with Gasteiger partial charge in [0.05, 0.1) is 26.2 Å². The molecule has 7 nitrogen and oxygen atoms in total. The average molecular weight is 236 g/mol. The predicted octanol–water partition coefficient (Wildman–Crippen LogP) is 0.168. The SMILES string of the molecule is COC(=O)C(C)NP(=O)(O)OCCC#N. The quantitative estimate of drug-likeness (QED) is 0.384. The Labute approximate surface area is 87.6 Å². The van der Waals surface area contributed by atoms with E-state index in [0.29, 0.717) is 0 Å². The van der Waals surface area contributed by atoms with Gasteiger partial charge < -0.3 is 9.63 Å². The lowest BCUT2D eigenvalue weighted by Crippen LogP contribution is -2.33. The van der Waals surface area contributed by atoms with Crippen LogP contribution in [0.4, 0.5) is 0 Å². The zero-order valence-corrected chi connectivity index (χ0v) is 9.36. The Morgan fingerprint density at radius 1 is 1.73 bits per heavy atom. The second-order valence-electron chi connectivity index (χ2n) is 2.64. The number of nitrogens with one attached hydrogen (secondary N) is 1. The zero-order chi connectivity index (χ0) is 11.9. The summed E-state index contributed by atoms with van der Waals surface area (Å²) in [6, 6.07) is 0.800. The van der Waals surface area contributed by atoms with Gasteiger partial charge in [0.15, 0.2) is 0 Å². The number of rotatable bonds is 6. The fourth-order valence-corrected chi connectivity index (χ4v) is 1.73. The van der Waals surface area contributed by atoms with E-state index in [0.717, 1.165) is 0 Å². The van der Waals surface area contributed by atoms with Crippen LogP contribution in [0.3, 0.4) is 0 Å². The molecule has 2 N–H and O–H groups in total. The number of carbonyl (C=O) groups is 1. The summed E-state index contributed by atoms with van der Waals surface area (Å²) >= 11 is 0. The molecular formula is C7H13N2O5P. The summed E-state index contributed by atoms with van der Waals surface area (Å²) in [6.07, 6.45) is -0.00116. The molecule has 86 valence electrons. The molecule has 0 heterocycles. The van der Waals surface area contributed by atoms with Gasteiger partial charge in [-0.3, -0.25) is 9.32 Å². The third-order valence-corrected chi connectivity index (χ3v) is 2.64. The summed E-state index contributed by atoms with van der Waals surface area (Å²) in [5.41, 5.74) is 0. The fourth-order valence-electron chi connectivity index (χ4n) is 0.726. The van der Waals surface area contributed by atoms with Crippen LogP contribution in [0.2, 0.25) is 0 Å². The molecule has 0 aliphatic carbocycles. The first kappa shape index (κ1) is 14.1. The highest BCUT2D eigenvalue weighted by atomic mass is 31.2. The van der Waals surface area contributed by atoms with Gasteiger partial charge in [0.25, 0.3) is 0 Å². The van der Waals surface area contributed by atoms with Crippen molar-refractivity contribution in [3.8, 4) is 6.07 Å². The Bertz CT molecular complexity index is 300. The molecule has 0 aromatic carbocycles. The highest BCUT2D eigenvalue weighted by Crippen LogP contribution is 2.37. The Morgan fingerprint density at radius 3 is 2.80 bits per heavy atom. The van der Waals surface area contributed by atoms with E-state index in [2.05, 4.69) is 14.3 Å². The molecule has 0 aliphatic rings. The molecule has 0 aromatic rings. The van der Waals surface area contributed by atoms with Crippen LogP contribution in [0.15, 0.2) is 0 Å². The monoisotopic (exact) mass is 236 g/mol. The van der Waals surface area contributed by atoms with Gasteiger partial charge in [-0.25, -0.2) is 9.65 Å². The van der Waals surface area contributed by atoms with Gasteiger partial charge in [0, 0.05) is 0 Å². The second kappa shape index (κ2) is 6.53. The molecule has 15 heavy (non-hydrogen) atoms. The molecule has 0 radical (unpaired) electrons. The van der Waals surface area contributed by atoms with Crippen LogP contribution < -0.4 is 5.09 Å². The Balaban J connectivity index is 4.08. The number of nitrogens with zero attached hydrogens (tertiary/aromatic N) is 1. The largest absolute Gasteiger partial charge is 0.468 e. The summed E-state index contributed by atoms with van der Waals surface area (Å²) in [4.78, 5) is 20.1. The first-order valence-corrected chi connectivity index (χ1v) is 5.70. The van der Waals surface area contributed by atoms with Gasteiger partial charge in [-0.15, -0.1) is 0 Å². The Morgan fingerprint density at radius 2 is 2.33 bits per heavy atom. The van der Waals surface area contributed by atoms with Crippen LogP contribution in [0.5, 0.6) is 0 Å². The molecule has 0 spiro atoms. The minimum Gasteiger partial charge on any atom is -0.468 e. The summed E-state index contributed by atoms with van der Waals surface area (Å²) in [5.74, 6) is -0.673. The van der Waals surface area contributed by atoms with Gasteiger partial charge in [0.1, 0.15) is 6.04 Å². The standard InChI is InChI=1S/C7H13N2O5P/c1-6(7(10)13-2)9-15(11,12)14-5-3-4-8/h6H,3,5H2,1-2H3,(H2,9,11,12). The highest BCUT2D eigenvalue weighted by Gasteiger charge is 2.25. The van der Waals surface area contributed by atoms with Crippen molar-refractivity contribution in [2.75, 3.05) is 13.7 Å². The minimum atomic E-state index is -4.05. The number of esters is 1. The van der Waals surface area contributed by atoms with Crippen molar-refractivity contribution in [2.24, 2.45) is 0 Å². The van der Waals surface area contributed by atoms with Gasteiger partial charge in [0.2, 0.25) is 0 Å². The third-order valence-electron chi connectivity index (χ3n) is 1.39. The van der Waals surface area contributed by atoms with E-state index in [-0.39, 0.29) is 13.0 Å². The van der Waals surface area contributed by atoms with Crippen molar-refractivity contribution in [1.29, 1.82) is 5.26 Å². The topological polar surface area (TPSA) is 109 Å². The van der Waals surface area contributed by atoms with Crippen LogP contribution in [0, 0.1) is 11.3 Å². The molecular weight excluding hydrogens is 223 g/mol. The molecule has 2 unspecified atom stereocenters. The lowest BCUT2D eigenvalue weighted by Gasteiger charge is -2.16. The lowest BCUT2D eigenvalue weighted by molar-refractivity contribution is -0.142. The first-order chi connectivity index (χ1) is 6.93. The van der Waals surface area contributed by atoms with Gasteiger partial charge in [-0.2, -0.15) is 5.26 Å². The van der Waals surface area contributed by atoms with Gasteiger partial charge >= 0.3 is 13.7 Å². The molecule has 0 bridgehead atoms. The van der Waals surface area contributed by atoms with E-state index in [1.165, 1.54) is 14.0 Å². The van der Waals surface area contributed by atoms with E-state index in [9.17, 15) is 9.36 Å². The molecule has 0 fully saturated rings. The van der Waals surface area contributed by atoms with Gasteiger partial charge in [-0.1, -0.05) is 0 Å². The molecule has 0 aliphatic heterocycles. The highest BCUT2D eigenvalue weighted by molar-refractivity contribution is 7.50. The lowest BCUT2D eigenvalue weighted by atomic mass is 10.4. The second-order valence-corrected chi connectivity index (χ2v) is 4.19. The fraction of sp³-hybridized carbons (Fsp3) is 0.714. The van der Waals surface area contributed by atoms with Crippen LogP contribution in [0.25, 0.3) is 0 Å². The predicted molar refractivity (Wildman–Crippen MR) is 50.6 cm³/mol. The van der Waals surface area contributed by atoms with E-state index in [4.69, 9.17) is 10.2 Å². The summed E-state index contributed by atoms with van der Waals surface area (Å²) < 4.78 is 20.1. The van der Waals surface area contributed by atoms with Crippen LogP contribution in [-0.4, -0.2) is 30.6 Å².